The Balaban J connectivity index is 1.22. The summed E-state index contributed by atoms with van der Waals surface area (Å²) in [5.41, 5.74) is -0.175. The largest absolute Gasteiger partial charge is 0.393 e. The van der Waals surface area contributed by atoms with E-state index in [1.165, 1.54) is 0 Å². The van der Waals surface area contributed by atoms with Crippen LogP contribution in [0.2, 0.25) is 0 Å². The zero-order valence-corrected chi connectivity index (χ0v) is 20.6. The van der Waals surface area contributed by atoms with Crippen LogP contribution in [0.4, 0.5) is 0 Å². The molecule has 1 aliphatic heterocycles. The molecule has 0 amide bonds. The average molecular weight is 462 g/mol. The van der Waals surface area contributed by atoms with Crippen LogP contribution in [0.25, 0.3) is 0 Å². The van der Waals surface area contributed by atoms with Gasteiger partial charge in [0.1, 0.15) is 12.4 Å². The number of hydrogen-bond acceptors (Lipinski definition) is 6. The number of Topliss-reactive ketones (excluding diaryl/α,β-unsaturated/α-hetero) is 2. The lowest BCUT2D eigenvalue weighted by Crippen LogP contribution is -2.58. The second-order valence-electron chi connectivity index (χ2n) is 12.2. The van der Waals surface area contributed by atoms with Gasteiger partial charge >= 0.3 is 0 Å². The minimum atomic E-state index is -0.208. The van der Waals surface area contributed by atoms with Crippen molar-refractivity contribution in [2.75, 3.05) is 46.1 Å². The van der Waals surface area contributed by atoms with Crippen LogP contribution in [0.3, 0.4) is 0 Å². The van der Waals surface area contributed by atoms with Gasteiger partial charge in [-0.3, -0.25) is 14.5 Å². The molecule has 5 aliphatic rings. The highest BCUT2D eigenvalue weighted by Crippen LogP contribution is 2.66. The van der Waals surface area contributed by atoms with Crippen LogP contribution in [0.5, 0.6) is 0 Å². The van der Waals surface area contributed by atoms with Gasteiger partial charge in [0.25, 0.3) is 0 Å². The van der Waals surface area contributed by atoms with Crippen molar-refractivity contribution in [1.29, 1.82) is 0 Å². The van der Waals surface area contributed by atoms with E-state index in [0.29, 0.717) is 36.6 Å². The van der Waals surface area contributed by atoms with Crippen molar-refractivity contribution in [3.63, 3.8) is 0 Å². The Kier molecular flexibility index (Phi) is 6.76. The summed E-state index contributed by atoms with van der Waals surface area (Å²) in [5, 5.41) is 10.2. The molecule has 8 atom stereocenters. The molecule has 33 heavy (non-hydrogen) atoms. The summed E-state index contributed by atoms with van der Waals surface area (Å²) in [6.07, 6.45) is 7.19. The van der Waals surface area contributed by atoms with Crippen molar-refractivity contribution in [3.05, 3.63) is 0 Å². The Labute approximate surface area is 198 Å². The van der Waals surface area contributed by atoms with Crippen LogP contribution in [-0.2, 0) is 19.1 Å². The maximum Gasteiger partial charge on any atom is 0.162 e. The number of aliphatic hydroxyl groups is 1. The van der Waals surface area contributed by atoms with E-state index in [1.54, 1.807) is 0 Å². The van der Waals surface area contributed by atoms with E-state index in [1.807, 2.05) is 0 Å². The second-order valence-corrected chi connectivity index (χ2v) is 12.2. The number of carbonyl (C=O) groups excluding carboxylic acids is 2. The smallest absolute Gasteiger partial charge is 0.162 e. The minimum absolute atomic E-state index is 0.0330. The van der Waals surface area contributed by atoms with E-state index >= 15 is 0 Å². The van der Waals surface area contributed by atoms with E-state index in [0.717, 1.165) is 77.8 Å². The van der Waals surface area contributed by atoms with Gasteiger partial charge in [-0.05, 0) is 73.5 Å². The quantitative estimate of drug-likeness (QED) is 0.613. The fraction of sp³-hybridized carbons (Fsp3) is 0.926. The van der Waals surface area contributed by atoms with Gasteiger partial charge < -0.3 is 14.6 Å². The first kappa shape index (κ1) is 23.9. The van der Waals surface area contributed by atoms with E-state index < -0.39 is 0 Å². The molecule has 6 heteroatoms. The number of carbonyl (C=O) groups is 2. The molecule has 0 aromatic carbocycles. The summed E-state index contributed by atoms with van der Waals surface area (Å²) >= 11 is 0. The molecule has 0 spiro atoms. The number of ether oxygens (including phenoxy) is 2. The number of ketones is 2. The maximum absolute atomic E-state index is 13.7. The third-order valence-corrected chi connectivity index (χ3v) is 10.6. The summed E-state index contributed by atoms with van der Waals surface area (Å²) in [7, 11) is 0. The zero-order valence-electron chi connectivity index (χ0n) is 20.6. The monoisotopic (exact) mass is 461 g/mol. The van der Waals surface area contributed by atoms with Crippen LogP contribution < -0.4 is 0 Å². The molecule has 1 heterocycles. The number of aliphatic hydroxyl groups excluding tert-OH is 1. The lowest BCUT2D eigenvalue weighted by molar-refractivity contribution is -0.163. The molecule has 1 N–H and O–H groups in total. The van der Waals surface area contributed by atoms with Gasteiger partial charge in [-0.2, -0.15) is 0 Å². The van der Waals surface area contributed by atoms with Crippen molar-refractivity contribution in [3.8, 4) is 0 Å². The fourth-order valence-electron chi connectivity index (χ4n) is 8.87. The Morgan fingerprint density at radius 3 is 2.70 bits per heavy atom. The summed E-state index contributed by atoms with van der Waals surface area (Å²) in [4.78, 5) is 29.3. The van der Waals surface area contributed by atoms with Crippen molar-refractivity contribution in [2.45, 2.75) is 71.3 Å². The third kappa shape index (κ3) is 4.23. The van der Waals surface area contributed by atoms with Crippen LogP contribution in [0.15, 0.2) is 0 Å². The zero-order chi connectivity index (χ0) is 23.2. The van der Waals surface area contributed by atoms with Gasteiger partial charge in [0.05, 0.1) is 25.9 Å². The molecular formula is C27H43NO5. The summed E-state index contributed by atoms with van der Waals surface area (Å²) in [5.74, 6) is 2.02. The summed E-state index contributed by atoms with van der Waals surface area (Å²) < 4.78 is 11.2. The van der Waals surface area contributed by atoms with Crippen LogP contribution in [0.1, 0.15) is 65.2 Å². The fourth-order valence-corrected chi connectivity index (χ4v) is 8.87. The predicted molar refractivity (Wildman–Crippen MR) is 125 cm³/mol. The standard InChI is InChI=1S/C27H43NO5/c1-26-8-7-19(29)15-18(26)3-4-20-21-5-6-22(27(21,2)16-23(30)25(20)26)24(31)17-33-14-11-28-9-12-32-13-10-28/h18-22,25,29H,3-17H2,1-2H3/t18-,19+,20-,21-,22+,25+,26-,27-/m0/s1. The molecule has 0 aromatic heterocycles. The Morgan fingerprint density at radius 1 is 1.12 bits per heavy atom. The van der Waals surface area contributed by atoms with Gasteiger partial charge in [0.15, 0.2) is 5.78 Å². The summed E-state index contributed by atoms with van der Waals surface area (Å²) in [6, 6.07) is 0. The summed E-state index contributed by atoms with van der Waals surface area (Å²) in [6.45, 7) is 9.58. The van der Waals surface area contributed by atoms with E-state index in [4.69, 9.17) is 9.47 Å². The minimum Gasteiger partial charge on any atom is -0.393 e. The van der Waals surface area contributed by atoms with E-state index in [-0.39, 0.29) is 41.2 Å². The Bertz CT molecular complexity index is 751. The predicted octanol–water partition coefficient (Wildman–Crippen LogP) is 3.10. The lowest BCUT2D eigenvalue weighted by Gasteiger charge is -2.59. The molecule has 186 valence electrons. The average Bonchev–Trinajstić information content (AvgIpc) is 3.14. The van der Waals surface area contributed by atoms with Gasteiger partial charge in [-0.15, -0.1) is 0 Å². The molecule has 0 radical (unpaired) electrons. The van der Waals surface area contributed by atoms with E-state index in [2.05, 4.69) is 18.7 Å². The molecule has 4 aliphatic carbocycles. The number of hydrogen-bond donors (Lipinski definition) is 1. The SMILES string of the molecule is C[C@]12CC[C@@H](O)C[C@@H]1CC[C@H]1[C@@H]3CC[C@H](C(=O)COCCN4CCOCC4)[C@@]3(C)CC(=O)[C@@H]12. The first-order chi connectivity index (χ1) is 15.8. The number of fused-ring (bicyclic) bond motifs is 5. The highest BCUT2D eigenvalue weighted by Gasteiger charge is 2.64. The normalized spacial score (nSPS) is 45.8. The maximum atomic E-state index is 13.7. The van der Waals surface area contributed by atoms with Crippen molar-refractivity contribution in [1.82, 2.24) is 4.90 Å². The molecule has 0 aromatic rings. The first-order valence-corrected chi connectivity index (χ1v) is 13.4. The van der Waals surface area contributed by atoms with Crippen molar-refractivity contribution >= 4 is 11.6 Å². The Hall–Kier alpha value is -0.820. The second kappa shape index (κ2) is 9.33. The van der Waals surface area contributed by atoms with E-state index in [9.17, 15) is 14.7 Å². The third-order valence-electron chi connectivity index (χ3n) is 10.6. The van der Waals surface area contributed by atoms with Gasteiger partial charge in [-0.1, -0.05) is 13.8 Å². The molecule has 0 bridgehead atoms. The van der Waals surface area contributed by atoms with Crippen molar-refractivity contribution in [2.24, 2.45) is 40.4 Å². The molecule has 0 unspecified atom stereocenters. The van der Waals surface area contributed by atoms with Crippen molar-refractivity contribution < 1.29 is 24.2 Å². The lowest BCUT2D eigenvalue weighted by atomic mass is 9.44. The molecule has 5 fully saturated rings. The first-order valence-electron chi connectivity index (χ1n) is 13.4. The highest BCUT2D eigenvalue weighted by molar-refractivity contribution is 5.88. The molecular weight excluding hydrogens is 418 g/mol. The van der Waals surface area contributed by atoms with Gasteiger partial charge in [0.2, 0.25) is 0 Å². The van der Waals surface area contributed by atoms with Gasteiger partial charge in [0, 0.05) is 37.9 Å². The topological polar surface area (TPSA) is 76.1 Å². The number of rotatable bonds is 6. The molecule has 6 nitrogen and oxygen atoms in total. The van der Waals surface area contributed by atoms with Gasteiger partial charge in [-0.25, -0.2) is 0 Å². The number of nitrogens with zero attached hydrogens (tertiary/aromatic N) is 1. The Morgan fingerprint density at radius 2 is 1.91 bits per heavy atom. The molecule has 5 rings (SSSR count). The molecule has 1 saturated heterocycles. The van der Waals surface area contributed by atoms with Crippen LogP contribution >= 0.6 is 0 Å². The van der Waals surface area contributed by atoms with Crippen LogP contribution in [0, 0.1) is 40.4 Å². The van der Waals surface area contributed by atoms with Crippen LogP contribution in [-0.4, -0.2) is 73.7 Å². The number of morpholine rings is 1. The molecule has 4 saturated carbocycles. The highest BCUT2D eigenvalue weighted by atomic mass is 16.5.